The van der Waals surface area contributed by atoms with E-state index >= 15 is 0 Å². The molecule has 0 unspecified atom stereocenters. The highest BCUT2D eigenvalue weighted by Crippen LogP contribution is 2.66. The Morgan fingerprint density at radius 1 is 0.950 bits per heavy atom. The summed E-state index contributed by atoms with van der Waals surface area (Å²) in [5, 5.41) is 20.7. The maximum atomic E-state index is 13.9. The van der Waals surface area contributed by atoms with Crippen LogP contribution in [0.15, 0.2) is 54.1 Å². The fourth-order valence-corrected chi connectivity index (χ4v) is 8.20. The van der Waals surface area contributed by atoms with Crippen molar-refractivity contribution in [2.45, 2.75) is 41.9 Å². The molecule has 4 amide bonds. The summed E-state index contributed by atoms with van der Waals surface area (Å²) in [6.07, 6.45) is 2.45. The van der Waals surface area contributed by atoms with Gasteiger partial charge < -0.3 is 10.2 Å². The number of benzene rings is 2. The third-order valence-corrected chi connectivity index (χ3v) is 10.7. The molecule has 2 aromatic carbocycles. The summed E-state index contributed by atoms with van der Waals surface area (Å²) >= 11 is 14.3. The Morgan fingerprint density at radius 2 is 1.65 bits per heavy atom. The van der Waals surface area contributed by atoms with Gasteiger partial charge in [-0.25, -0.2) is 0 Å². The number of allylic oxidation sites excluding steroid dienone is 2. The number of hydrogen-bond donors (Lipinski definition) is 2. The van der Waals surface area contributed by atoms with E-state index in [9.17, 15) is 29.4 Å². The number of imide groups is 2. The third-order valence-electron chi connectivity index (χ3n) is 9.25. The molecular weight excluding hydrogens is 555 g/mol. The van der Waals surface area contributed by atoms with E-state index in [0.717, 1.165) is 10.5 Å². The van der Waals surface area contributed by atoms with Crippen LogP contribution in [0.4, 0.5) is 0 Å². The summed E-state index contributed by atoms with van der Waals surface area (Å²) in [7, 11) is 1.33. The molecule has 10 heteroatoms. The number of likely N-dealkylation sites (tertiary alicyclic amines) is 2. The fraction of sp³-hybridized carbons (Fsp3) is 0.400. The van der Waals surface area contributed by atoms with Gasteiger partial charge in [0.2, 0.25) is 11.8 Å². The van der Waals surface area contributed by atoms with Crippen molar-refractivity contribution >= 4 is 46.8 Å². The van der Waals surface area contributed by atoms with Gasteiger partial charge in [-0.2, -0.15) is 0 Å². The topological polar surface area (TPSA) is 115 Å². The van der Waals surface area contributed by atoms with E-state index in [-0.39, 0.29) is 42.7 Å². The van der Waals surface area contributed by atoms with Gasteiger partial charge in [0.15, 0.2) is 9.75 Å². The number of alkyl halides is 2. The molecule has 40 heavy (non-hydrogen) atoms. The highest BCUT2D eigenvalue weighted by atomic mass is 35.5. The second kappa shape index (κ2) is 9.08. The number of carbonyl (C=O) groups excluding carboxylic acids is 4. The third kappa shape index (κ3) is 3.45. The van der Waals surface area contributed by atoms with Crippen LogP contribution in [-0.2, 0) is 25.6 Å². The molecular formula is C30H28Cl2N2O6. The first-order valence-electron chi connectivity index (χ1n) is 13.2. The van der Waals surface area contributed by atoms with Crippen molar-refractivity contribution in [3.8, 4) is 11.5 Å². The van der Waals surface area contributed by atoms with Crippen LogP contribution >= 0.6 is 23.2 Å². The summed E-state index contributed by atoms with van der Waals surface area (Å²) in [5.41, 5.74) is 2.43. The van der Waals surface area contributed by atoms with Gasteiger partial charge in [-0.3, -0.25) is 29.0 Å². The number of fused-ring (bicyclic) bond motifs is 4. The second-order valence-corrected chi connectivity index (χ2v) is 12.5. The number of amides is 4. The average molecular weight is 583 g/mol. The SMILES string of the molecule is Cc1cccc([C@H]2C3=CC[C@@H]4C(=O)N(CCc5ccc(O)cc5)C(=O)[C@@H]4[C@@H]3C[C@@]3(Cl)C(=O)N(C)C(=O)[C@@]23Cl)c1O. The number of phenols is 2. The van der Waals surface area contributed by atoms with E-state index in [0.29, 0.717) is 23.1 Å². The number of para-hydroxylation sites is 1. The lowest BCUT2D eigenvalue weighted by Gasteiger charge is -2.50. The zero-order valence-electron chi connectivity index (χ0n) is 21.9. The van der Waals surface area contributed by atoms with Crippen molar-refractivity contribution in [1.82, 2.24) is 9.80 Å². The molecule has 3 fully saturated rings. The maximum absolute atomic E-state index is 13.9. The molecule has 0 aromatic heterocycles. The molecule has 2 saturated heterocycles. The molecule has 2 aromatic rings. The molecule has 2 aliphatic carbocycles. The van der Waals surface area contributed by atoms with Gasteiger partial charge in [0.25, 0.3) is 11.8 Å². The van der Waals surface area contributed by atoms with E-state index < -0.39 is 45.2 Å². The lowest BCUT2D eigenvalue weighted by Crippen LogP contribution is -2.60. The number of nitrogens with zero attached hydrogens (tertiary/aromatic N) is 2. The first-order valence-corrected chi connectivity index (χ1v) is 14.0. The standard InChI is InChI=1S/C30H28Cl2N2O6/c1-15-4-3-5-20(24(15)36)23-18-10-11-19-22(21(18)14-29(31)27(39)33(2)28(40)30(23,29)32)26(38)34(25(19)37)13-12-16-6-8-17(35)9-7-16/h3-10,19,21-23,35-36H,11-14H2,1-2H3/t19-,21+,22-,23+,29+,30-/m0/s1. The van der Waals surface area contributed by atoms with E-state index in [1.54, 1.807) is 49.4 Å². The predicted molar refractivity (Wildman–Crippen MR) is 147 cm³/mol. The molecule has 0 bridgehead atoms. The number of carbonyl (C=O) groups is 4. The van der Waals surface area contributed by atoms with Gasteiger partial charge in [0.1, 0.15) is 11.5 Å². The summed E-state index contributed by atoms with van der Waals surface area (Å²) < 4.78 is 0. The lowest BCUT2D eigenvalue weighted by atomic mass is 9.56. The lowest BCUT2D eigenvalue weighted by molar-refractivity contribution is -0.141. The summed E-state index contributed by atoms with van der Waals surface area (Å²) in [6, 6.07) is 11.7. The summed E-state index contributed by atoms with van der Waals surface area (Å²) in [6.45, 7) is 1.89. The quantitative estimate of drug-likeness (QED) is 0.323. The molecule has 6 atom stereocenters. The van der Waals surface area contributed by atoms with Crippen LogP contribution in [0.3, 0.4) is 0 Å². The van der Waals surface area contributed by atoms with Crippen molar-refractivity contribution in [1.29, 1.82) is 0 Å². The minimum Gasteiger partial charge on any atom is -0.508 e. The Labute approximate surface area is 241 Å². The smallest absolute Gasteiger partial charge is 0.253 e. The molecule has 208 valence electrons. The Balaban J connectivity index is 1.42. The second-order valence-electron chi connectivity index (χ2n) is 11.3. The minimum absolute atomic E-state index is 0.0608. The van der Waals surface area contributed by atoms with Crippen LogP contribution in [0.5, 0.6) is 11.5 Å². The first-order chi connectivity index (χ1) is 18.9. The normalized spacial score (nSPS) is 33.1. The Bertz CT molecular complexity index is 1510. The number of aromatic hydroxyl groups is 2. The van der Waals surface area contributed by atoms with Gasteiger partial charge in [-0.1, -0.05) is 42.0 Å². The van der Waals surface area contributed by atoms with Crippen LogP contribution in [0.1, 0.15) is 35.4 Å². The van der Waals surface area contributed by atoms with Gasteiger partial charge >= 0.3 is 0 Å². The molecule has 1 saturated carbocycles. The Kier molecular flexibility index (Phi) is 6.09. The van der Waals surface area contributed by atoms with Crippen LogP contribution in [0.25, 0.3) is 0 Å². The number of phenolic OH excluding ortho intramolecular Hbond substituents is 2. The van der Waals surface area contributed by atoms with Gasteiger partial charge in [0.05, 0.1) is 11.8 Å². The molecule has 2 heterocycles. The molecule has 0 spiro atoms. The zero-order valence-corrected chi connectivity index (χ0v) is 23.4. The Morgan fingerprint density at radius 3 is 2.35 bits per heavy atom. The Hall–Kier alpha value is -3.36. The molecule has 0 radical (unpaired) electrons. The maximum Gasteiger partial charge on any atom is 0.253 e. The summed E-state index contributed by atoms with van der Waals surface area (Å²) in [5.74, 6) is -4.89. The monoisotopic (exact) mass is 582 g/mol. The number of hydrogen-bond acceptors (Lipinski definition) is 6. The fourth-order valence-electron chi connectivity index (χ4n) is 7.19. The van der Waals surface area contributed by atoms with Crippen LogP contribution in [0, 0.1) is 24.7 Å². The largest absolute Gasteiger partial charge is 0.508 e. The van der Waals surface area contributed by atoms with E-state index in [1.165, 1.54) is 11.9 Å². The van der Waals surface area contributed by atoms with E-state index in [2.05, 4.69) is 0 Å². The van der Waals surface area contributed by atoms with Crippen LogP contribution in [0.2, 0.25) is 0 Å². The van der Waals surface area contributed by atoms with Crippen molar-refractivity contribution in [2.24, 2.45) is 17.8 Å². The molecule has 6 rings (SSSR count). The van der Waals surface area contributed by atoms with Crippen LogP contribution < -0.4 is 0 Å². The summed E-state index contributed by atoms with van der Waals surface area (Å²) in [4.78, 5) is 52.9. The molecule has 2 aliphatic heterocycles. The van der Waals surface area contributed by atoms with Crippen molar-refractivity contribution < 1.29 is 29.4 Å². The van der Waals surface area contributed by atoms with Crippen molar-refractivity contribution in [3.05, 3.63) is 70.8 Å². The average Bonchev–Trinajstić information content (AvgIpc) is 3.25. The van der Waals surface area contributed by atoms with Gasteiger partial charge in [-0.05, 0) is 55.4 Å². The number of halogens is 2. The van der Waals surface area contributed by atoms with E-state index in [1.807, 2.05) is 6.08 Å². The first kappa shape index (κ1) is 26.8. The highest BCUT2D eigenvalue weighted by molar-refractivity contribution is 6.53. The minimum atomic E-state index is -1.93. The van der Waals surface area contributed by atoms with Crippen LogP contribution in [-0.4, -0.2) is 67.0 Å². The molecule has 2 N–H and O–H groups in total. The number of rotatable bonds is 4. The molecule has 4 aliphatic rings. The van der Waals surface area contributed by atoms with Crippen molar-refractivity contribution in [3.63, 3.8) is 0 Å². The molecule has 8 nitrogen and oxygen atoms in total. The van der Waals surface area contributed by atoms with Crippen molar-refractivity contribution in [2.75, 3.05) is 13.6 Å². The van der Waals surface area contributed by atoms with Gasteiger partial charge in [0, 0.05) is 25.1 Å². The number of aryl methyl sites for hydroxylation is 1. The zero-order chi connectivity index (χ0) is 28.7. The predicted octanol–water partition coefficient (Wildman–Crippen LogP) is 3.64. The van der Waals surface area contributed by atoms with Gasteiger partial charge in [-0.15, -0.1) is 23.2 Å². The highest BCUT2D eigenvalue weighted by Gasteiger charge is 2.76. The van der Waals surface area contributed by atoms with E-state index in [4.69, 9.17) is 23.2 Å².